The fourth-order valence-corrected chi connectivity index (χ4v) is 4.04. The molecule has 0 spiro atoms. The molecular weight excluding hydrogens is 444 g/mol. The summed E-state index contributed by atoms with van der Waals surface area (Å²) in [7, 11) is 0. The topological polar surface area (TPSA) is 156 Å². The number of nitrogens with zero attached hydrogens (tertiary/aromatic N) is 2. The molecule has 178 valence electrons. The first kappa shape index (κ1) is 24.6. The lowest BCUT2D eigenvalue weighted by Gasteiger charge is -2.21. The number of carboxylic acids is 4. The molecule has 0 amide bonds. The lowest BCUT2D eigenvalue weighted by atomic mass is 9.96. The zero-order valence-corrected chi connectivity index (χ0v) is 18.2. The van der Waals surface area contributed by atoms with Gasteiger partial charge in [-0.05, 0) is 44.8 Å². The van der Waals surface area contributed by atoms with Crippen LogP contribution >= 0.6 is 0 Å². The molecule has 0 aromatic heterocycles. The maximum absolute atomic E-state index is 11.2. The number of carbonyl (C=O) groups is 4. The molecule has 0 radical (unpaired) electrons. The Bertz CT molecular complexity index is 1130. The van der Waals surface area contributed by atoms with Crippen LogP contribution in [0.4, 0.5) is 0 Å². The summed E-state index contributed by atoms with van der Waals surface area (Å²) in [6.45, 7) is -1.51. The zero-order chi connectivity index (χ0) is 24.8. The second-order valence-electron chi connectivity index (χ2n) is 7.99. The predicted molar refractivity (Wildman–Crippen MR) is 123 cm³/mol. The molecule has 0 saturated heterocycles. The molecule has 3 aromatic rings. The van der Waals surface area contributed by atoms with Gasteiger partial charge in [0.2, 0.25) is 0 Å². The molecule has 34 heavy (non-hydrogen) atoms. The van der Waals surface area contributed by atoms with E-state index in [1.165, 1.54) is 9.80 Å². The predicted octanol–water partition coefficient (Wildman–Crippen LogP) is 1.94. The summed E-state index contributed by atoms with van der Waals surface area (Å²) in [5, 5.41) is 40.0. The van der Waals surface area contributed by atoms with E-state index >= 15 is 0 Å². The average molecular weight is 468 g/mol. The van der Waals surface area contributed by atoms with Gasteiger partial charge in [0.1, 0.15) is 0 Å². The number of carboxylic acid groups (broad SMARTS) is 4. The standard InChI is InChI=1S/C24H24N2O8/c27-21(28)11-25(12-22(29)30)9-17-5-1-3-15-7-16-4-2-6-18(20(16)8-19(15)17)10-26(13-23(31)32)14-24(33)34/h1-8H,9-14H2,(H,27,28)(H,29,30)(H,31,32)(H,33,34). The Balaban J connectivity index is 2.05. The van der Waals surface area contributed by atoms with E-state index in [2.05, 4.69) is 0 Å². The number of fused-ring (bicyclic) bond motifs is 2. The summed E-state index contributed by atoms with van der Waals surface area (Å²) in [6.07, 6.45) is 0. The van der Waals surface area contributed by atoms with Crippen LogP contribution in [0.2, 0.25) is 0 Å². The van der Waals surface area contributed by atoms with Gasteiger partial charge in [0.25, 0.3) is 0 Å². The fraction of sp³-hybridized carbons (Fsp3) is 0.250. The molecule has 0 unspecified atom stereocenters. The minimum atomic E-state index is -1.13. The maximum atomic E-state index is 11.2. The van der Waals surface area contributed by atoms with Crippen molar-refractivity contribution in [3.8, 4) is 0 Å². The van der Waals surface area contributed by atoms with Crippen molar-refractivity contribution < 1.29 is 39.6 Å². The average Bonchev–Trinajstić information content (AvgIpc) is 2.71. The zero-order valence-electron chi connectivity index (χ0n) is 18.2. The Morgan fingerprint density at radius 1 is 0.559 bits per heavy atom. The van der Waals surface area contributed by atoms with Gasteiger partial charge in [-0.25, -0.2) is 0 Å². The summed E-state index contributed by atoms with van der Waals surface area (Å²) in [4.78, 5) is 47.4. The van der Waals surface area contributed by atoms with Crippen molar-refractivity contribution in [2.75, 3.05) is 26.2 Å². The van der Waals surface area contributed by atoms with Crippen LogP contribution in [0.5, 0.6) is 0 Å². The van der Waals surface area contributed by atoms with E-state index in [1.807, 2.05) is 36.4 Å². The molecule has 3 rings (SSSR count). The molecule has 10 nitrogen and oxygen atoms in total. The van der Waals surface area contributed by atoms with Crippen molar-refractivity contribution in [1.29, 1.82) is 0 Å². The summed E-state index contributed by atoms with van der Waals surface area (Å²) >= 11 is 0. The molecule has 0 aliphatic heterocycles. The van der Waals surface area contributed by atoms with Gasteiger partial charge in [0.15, 0.2) is 0 Å². The van der Waals surface area contributed by atoms with Gasteiger partial charge in [-0.2, -0.15) is 0 Å². The molecule has 10 heteroatoms. The van der Waals surface area contributed by atoms with Crippen molar-refractivity contribution in [1.82, 2.24) is 9.80 Å². The highest BCUT2D eigenvalue weighted by molar-refractivity contribution is 6.01. The molecule has 0 aliphatic carbocycles. The Hall–Kier alpha value is -4.02. The number of aliphatic carboxylic acids is 4. The van der Waals surface area contributed by atoms with Crippen LogP contribution < -0.4 is 0 Å². The molecule has 4 N–H and O–H groups in total. The van der Waals surface area contributed by atoms with E-state index in [-0.39, 0.29) is 13.1 Å². The van der Waals surface area contributed by atoms with Gasteiger partial charge < -0.3 is 20.4 Å². The van der Waals surface area contributed by atoms with Crippen molar-refractivity contribution in [2.45, 2.75) is 13.1 Å². The first-order valence-corrected chi connectivity index (χ1v) is 10.4. The third kappa shape index (κ3) is 6.50. The highest BCUT2D eigenvalue weighted by atomic mass is 16.4. The van der Waals surface area contributed by atoms with E-state index in [9.17, 15) is 19.2 Å². The first-order chi connectivity index (χ1) is 16.1. The highest BCUT2D eigenvalue weighted by Gasteiger charge is 2.17. The normalized spacial score (nSPS) is 11.4. The van der Waals surface area contributed by atoms with Crippen molar-refractivity contribution in [3.05, 3.63) is 59.7 Å². The Labute approximate surface area is 194 Å². The second kappa shape index (κ2) is 10.7. The van der Waals surface area contributed by atoms with Crippen LogP contribution in [-0.4, -0.2) is 80.3 Å². The number of rotatable bonds is 12. The molecule has 3 aromatic carbocycles. The van der Waals surface area contributed by atoms with Crippen LogP contribution in [0, 0.1) is 0 Å². The molecule has 0 fully saturated rings. The summed E-state index contributed by atoms with van der Waals surface area (Å²) in [6, 6.07) is 14.9. The van der Waals surface area contributed by atoms with Crippen LogP contribution in [0.25, 0.3) is 21.5 Å². The van der Waals surface area contributed by atoms with E-state index in [1.54, 1.807) is 12.1 Å². The van der Waals surface area contributed by atoms with Crippen LogP contribution in [0.3, 0.4) is 0 Å². The monoisotopic (exact) mass is 468 g/mol. The molecule has 0 saturated carbocycles. The molecular formula is C24H24N2O8. The number of benzene rings is 3. The van der Waals surface area contributed by atoms with E-state index < -0.39 is 50.1 Å². The van der Waals surface area contributed by atoms with Gasteiger partial charge in [-0.3, -0.25) is 29.0 Å². The highest BCUT2D eigenvalue weighted by Crippen LogP contribution is 2.29. The summed E-state index contributed by atoms with van der Waals surface area (Å²) in [5.41, 5.74) is 1.48. The smallest absolute Gasteiger partial charge is 0.317 e. The van der Waals surface area contributed by atoms with Crippen LogP contribution in [0.15, 0.2) is 48.5 Å². The van der Waals surface area contributed by atoms with Gasteiger partial charge >= 0.3 is 23.9 Å². The van der Waals surface area contributed by atoms with E-state index in [0.717, 1.165) is 32.7 Å². The van der Waals surface area contributed by atoms with Crippen molar-refractivity contribution in [2.24, 2.45) is 0 Å². The quantitative estimate of drug-likeness (QED) is 0.290. The Morgan fingerprint density at radius 2 is 0.912 bits per heavy atom. The third-order valence-electron chi connectivity index (χ3n) is 5.28. The van der Waals surface area contributed by atoms with E-state index in [0.29, 0.717) is 0 Å². The summed E-state index contributed by atoms with van der Waals surface area (Å²) in [5.74, 6) is -4.53. The van der Waals surface area contributed by atoms with Crippen LogP contribution in [0.1, 0.15) is 11.1 Å². The van der Waals surface area contributed by atoms with Crippen molar-refractivity contribution >= 4 is 45.4 Å². The SMILES string of the molecule is O=C(O)CN(CC(=O)O)Cc1cccc2cc3cccc(CN(CC(=O)O)CC(=O)O)c3cc12. The molecule has 0 aliphatic rings. The van der Waals surface area contributed by atoms with Crippen molar-refractivity contribution in [3.63, 3.8) is 0 Å². The molecule has 0 atom stereocenters. The van der Waals surface area contributed by atoms with Gasteiger partial charge in [0, 0.05) is 13.1 Å². The number of hydrogen-bond donors (Lipinski definition) is 4. The largest absolute Gasteiger partial charge is 0.480 e. The Morgan fingerprint density at radius 3 is 1.24 bits per heavy atom. The second-order valence-corrected chi connectivity index (χ2v) is 7.99. The minimum absolute atomic E-state index is 0.105. The maximum Gasteiger partial charge on any atom is 0.317 e. The molecule has 0 bridgehead atoms. The minimum Gasteiger partial charge on any atom is -0.480 e. The van der Waals surface area contributed by atoms with Gasteiger partial charge in [0.05, 0.1) is 26.2 Å². The lowest BCUT2D eigenvalue weighted by Crippen LogP contribution is -2.34. The third-order valence-corrected chi connectivity index (χ3v) is 5.28. The first-order valence-electron chi connectivity index (χ1n) is 10.4. The van der Waals surface area contributed by atoms with Gasteiger partial charge in [-0.1, -0.05) is 36.4 Å². The Kier molecular flexibility index (Phi) is 7.77. The van der Waals surface area contributed by atoms with E-state index in [4.69, 9.17) is 20.4 Å². The summed E-state index contributed by atoms with van der Waals surface area (Å²) < 4.78 is 0. The van der Waals surface area contributed by atoms with Crippen LogP contribution in [-0.2, 0) is 32.3 Å². The number of hydrogen-bond acceptors (Lipinski definition) is 6. The fourth-order valence-electron chi connectivity index (χ4n) is 4.04. The van der Waals surface area contributed by atoms with Gasteiger partial charge in [-0.15, -0.1) is 0 Å². The lowest BCUT2D eigenvalue weighted by molar-refractivity contribution is -0.144. The molecule has 0 heterocycles.